The first-order valence-electron chi connectivity index (χ1n) is 6.41. The van der Waals surface area contributed by atoms with Crippen molar-refractivity contribution in [1.82, 2.24) is 5.32 Å². The average Bonchev–Trinajstić information content (AvgIpc) is 3.23. The SMILES string of the molecule is COc1cccc(C(O)CNCC(O)C2CC2)c1. The average molecular weight is 251 g/mol. The van der Waals surface area contributed by atoms with Crippen molar-refractivity contribution in [3.63, 3.8) is 0 Å². The second-order valence-corrected chi connectivity index (χ2v) is 4.86. The molecule has 1 aromatic carbocycles. The Morgan fingerprint density at radius 2 is 2.11 bits per heavy atom. The Morgan fingerprint density at radius 1 is 1.33 bits per heavy atom. The van der Waals surface area contributed by atoms with Crippen LogP contribution in [0.3, 0.4) is 0 Å². The Hall–Kier alpha value is -1.10. The predicted octanol–water partition coefficient (Wildman–Crippen LogP) is 1.09. The minimum atomic E-state index is -0.577. The number of aliphatic hydroxyl groups excluding tert-OH is 2. The minimum Gasteiger partial charge on any atom is -0.497 e. The molecule has 3 N–H and O–H groups in total. The van der Waals surface area contributed by atoms with Crippen LogP contribution in [0.4, 0.5) is 0 Å². The third kappa shape index (κ3) is 3.70. The first kappa shape index (κ1) is 13.3. The van der Waals surface area contributed by atoms with Gasteiger partial charge in [0.25, 0.3) is 0 Å². The van der Waals surface area contributed by atoms with Gasteiger partial charge in [-0.1, -0.05) is 12.1 Å². The van der Waals surface area contributed by atoms with Crippen molar-refractivity contribution in [3.8, 4) is 5.75 Å². The van der Waals surface area contributed by atoms with Gasteiger partial charge in [0.1, 0.15) is 5.75 Å². The van der Waals surface area contributed by atoms with Crippen molar-refractivity contribution in [2.24, 2.45) is 5.92 Å². The molecule has 1 saturated carbocycles. The van der Waals surface area contributed by atoms with Crippen LogP contribution in [0.25, 0.3) is 0 Å². The second kappa shape index (κ2) is 6.18. The van der Waals surface area contributed by atoms with Crippen molar-refractivity contribution in [2.75, 3.05) is 20.2 Å². The van der Waals surface area contributed by atoms with Crippen LogP contribution in [-0.2, 0) is 0 Å². The molecule has 0 aliphatic heterocycles. The molecule has 1 aliphatic rings. The fraction of sp³-hybridized carbons (Fsp3) is 0.571. The van der Waals surface area contributed by atoms with E-state index in [1.807, 2.05) is 24.3 Å². The summed E-state index contributed by atoms with van der Waals surface area (Å²) >= 11 is 0. The molecule has 0 radical (unpaired) electrons. The van der Waals surface area contributed by atoms with Crippen LogP contribution in [0, 0.1) is 5.92 Å². The van der Waals surface area contributed by atoms with Crippen LogP contribution >= 0.6 is 0 Å². The van der Waals surface area contributed by atoms with E-state index in [1.54, 1.807) is 7.11 Å². The smallest absolute Gasteiger partial charge is 0.119 e. The molecule has 18 heavy (non-hydrogen) atoms. The fourth-order valence-corrected chi connectivity index (χ4v) is 1.98. The molecule has 0 saturated heterocycles. The van der Waals surface area contributed by atoms with Gasteiger partial charge in [0.05, 0.1) is 19.3 Å². The topological polar surface area (TPSA) is 61.7 Å². The lowest BCUT2D eigenvalue weighted by molar-refractivity contribution is 0.132. The Morgan fingerprint density at radius 3 is 2.78 bits per heavy atom. The van der Waals surface area contributed by atoms with E-state index >= 15 is 0 Å². The fourth-order valence-electron chi connectivity index (χ4n) is 1.98. The van der Waals surface area contributed by atoms with Gasteiger partial charge < -0.3 is 20.3 Å². The van der Waals surface area contributed by atoms with Gasteiger partial charge >= 0.3 is 0 Å². The van der Waals surface area contributed by atoms with Gasteiger partial charge in [0, 0.05) is 13.1 Å². The predicted molar refractivity (Wildman–Crippen MR) is 69.6 cm³/mol. The summed E-state index contributed by atoms with van der Waals surface area (Å²) in [6.45, 7) is 0.989. The van der Waals surface area contributed by atoms with Gasteiger partial charge in [-0.05, 0) is 36.5 Å². The van der Waals surface area contributed by atoms with Crippen LogP contribution in [0.5, 0.6) is 5.75 Å². The van der Waals surface area contributed by atoms with Gasteiger partial charge in [-0.2, -0.15) is 0 Å². The first-order chi connectivity index (χ1) is 8.70. The molecule has 0 bridgehead atoms. The molecule has 0 spiro atoms. The van der Waals surface area contributed by atoms with E-state index in [1.165, 1.54) is 0 Å². The second-order valence-electron chi connectivity index (χ2n) is 4.86. The lowest BCUT2D eigenvalue weighted by Crippen LogP contribution is -2.31. The molecule has 4 heteroatoms. The zero-order valence-electron chi connectivity index (χ0n) is 10.7. The molecule has 4 nitrogen and oxygen atoms in total. The highest BCUT2D eigenvalue weighted by molar-refractivity contribution is 5.29. The maximum atomic E-state index is 10.0. The number of aliphatic hydroxyl groups is 2. The summed E-state index contributed by atoms with van der Waals surface area (Å²) in [6.07, 6.45) is 1.40. The van der Waals surface area contributed by atoms with Crippen molar-refractivity contribution < 1.29 is 14.9 Å². The highest BCUT2D eigenvalue weighted by Crippen LogP contribution is 2.32. The van der Waals surface area contributed by atoms with Crippen LogP contribution in [0.15, 0.2) is 24.3 Å². The highest BCUT2D eigenvalue weighted by atomic mass is 16.5. The van der Waals surface area contributed by atoms with Crippen LogP contribution in [0.2, 0.25) is 0 Å². The molecular formula is C14H21NO3. The molecule has 0 amide bonds. The standard InChI is InChI=1S/C14H21NO3/c1-18-12-4-2-3-11(7-12)14(17)9-15-8-13(16)10-5-6-10/h2-4,7,10,13-17H,5-6,8-9H2,1H3. The zero-order chi connectivity index (χ0) is 13.0. The van der Waals surface area contributed by atoms with Crippen LogP contribution in [-0.4, -0.2) is 36.5 Å². The van der Waals surface area contributed by atoms with E-state index < -0.39 is 6.10 Å². The van der Waals surface area contributed by atoms with E-state index in [0.29, 0.717) is 19.0 Å². The number of benzene rings is 1. The molecule has 0 aromatic heterocycles. The number of nitrogens with one attached hydrogen (secondary N) is 1. The largest absolute Gasteiger partial charge is 0.497 e. The Labute approximate surface area is 108 Å². The van der Waals surface area contributed by atoms with E-state index in [0.717, 1.165) is 24.2 Å². The molecule has 2 atom stereocenters. The van der Waals surface area contributed by atoms with Gasteiger partial charge in [-0.3, -0.25) is 0 Å². The molecule has 1 fully saturated rings. The van der Waals surface area contributed by atoms with Crippen LogP contribution < -0.4 is 10.1 Å². The maximum absolute atomic E-state index is 10.0. The Bertz CT molecular complexity index is 379. The van der Waals surface area contributed by atoms with Crippen molar-refractivity contribution >= 4 is 0 Å². The minimum absolute atomic E-state index is 0.275. The molecule has 2 rings (SSSR count). The molecule has 1 aliphatic carbocycles. The molecular weight excluding hydrogens is 230 g/mol. The van der Waals surface area contributed by atoms with E-state index in [2.05, 4.69) is 5.32 Å². The number of rotatable bonds is 7. The molecule has 100 valence electrons. The third-order valence-corrected chi connectivity index (χ3v) is 3.34. The van der Waals surface area contributed by atoms with Crippen molar-refractivity contribution in [2.45, 2.75) is 25.0 Å². The maximum Gasteiger partial charge on any atom is 0.119 e. The number of hydrogen-bond donors (Lipinski definition) is 3. The van der Waals surface area contributed by atoms with E-state index in [9.17, 15) is 10.2 Å². The lowest BCUT2D eigenvalue weighted by atomic mass is 10.1. The summed E-state index contributed by atoms with van der Waals surface area (Å²) in [7, 11) is 1.61. The third-order valence-electron chi connectivity index (χ3n) is 3.34. The van der Waals surface area contributed by atoms with Crippen LogP contribution in [0.1, 0.15) is 24.5 Å². The number of hydrogen-bond acceptors (Lipinski definition) is 4. The molecule has 2 unspecified atom stereocenters. The number of methoxy groups -OCH3 is 1. The summed E-state index contributed by atoms with van der Waals surface area (Å²) in [5.41, 5.74) is 0.822. The summed E-state index contributed by atoms with van der Waals surface area (Å²) in [5.74, 6) is 1.20. The summed E-state index contributed by atoms with van der Waals surface area (Å²) in [5, 5.41) is 22.8. The van der Waals surface area contributed by atoms with Crippen molar-refractivity contribution in [1.29, 1.82) is 0 Å². The summed E-state index contributed by atoms with van der Waals surface area (Å²) < 4.78 is 5.12. The summed E-state index contributed by atoms with van der Waals surface area (Å²) in [6, 6.07) is 7.40. The lowest BCUT2D eigenvalue weighted by Gasteiger charge is -2.15. The quantitative estimate of drug-likeness (QED) is 0.679. The summed E-state index contributed by atoms with van der Waals surface area (Å²) in [4.78, 5) is 0. The first-order valence-corrected chi connectivity index (χ1v) is 6.41. The Balaban J connectivity index is 1.77. The van der Waals surface area contributed by atoms with E-state index in [-0.39, 0.29) is 6.10 Å². The highest BCUT2D eigenvalue weighted by Gasteiger charge is 2.29. The van der Waals surface area contributed by atoms with Gasteiger partial charge in [-0.25, -0.2) is 0 Å². The van der Waals surface area contributed by atoms with Gasteiger partial charge in [0.2, 0.25) is 0 Å². The van der Waals surface area contributed by atoms with Crippen molar-refractivity contribution in [3.05, 3.63) is 29.8 Å². The Kier molecular flexibility index (Phi) is 4.58. The number of ether oxygens (including phenoxy) is 1. The van der Waals surface area contributed by atoms with Gasteiger partial charge in [0.15, 0.2) is 0 Å². The molecule has 1 aromatic rings. The monoisotopic (exact) mass is 251 g/mol. The normalized spacial score (nSPS) is 18.4. The van der Waals surface area contributed by atoms with Gasteiger partial charge in [-0.15, -0.1) is 0 Å². The van der Waals surface area contributed by atoms with E-state index in [4.69, 9.17) is 4.74 Å². The molecule has 0 heterocycles. The zero-order valence-corrected chi connectivity index (χ0v) is 10.7.